The number of nitrogens with one attached hydrogen (secondary N) is 3. The molecule has 1 aliphatic heterocycles. The van der Waals surface area contributed by atoms with E-state index >= 15 is 0 Å². The third kappa shape index (κ3) is 7.38. The highest BCUT2D eigenvalue weighted by Crippen LogP contribution is 2.18. The largest absolute Gasteiger partial charge is 0.447 e. The summed E-state index contributed by atoms with van der Waals surface area (Å²) in [4.78, 5) is 45.3. The Labute approximate surface area is 228 Å². The number of benzene rings is 2. The molecule has 1 aromatic heterocycles. The predicted octanol–water partition coefficient (Wildman–Crippen LogP) is 3.23. The van der Waals surface area contributed by atoms with Crippen LogP contribution >= 0.6 is 0 Å². The monoisotopic (exact) mass is 558 g/mol. The molecule has 0 radical (unpaired) electrons. The molecule has 40 heavy (non-hydrogen) atoms. The predicted molar refractivity (Wildman–Crippen MR) is 141 cm³/mol. The van der Waals surface area contributed by atoms with Crippen LogP contribution in [0.4, 0.5) is 28.6 Å². The van der Waals surface area contributed by atoms with Gasteiger partial charge in [0.05, 0.1) is 12.5 Å². The first-order chi connectivity index (χ1) is 19.2. The van der Waals surface area contributed by atoms with Gasteiger partial charge < -0.3 is 25.2 Å². The van der Waals surface area contributed by atoms with Crippen LogP contribution in [0.5, 0.6) is 0 Å². The molecule has 1 aliphatic rings. The maximum absolute atomic E-state index is 14.0. The highest BCUT2D eigenvalue weighted by Gasteiger charge is 2.27. The Bertz CT molecular complexity index is 1390. The molecule has 3 aromatic rings. The third-order valence-electron chi connectivity index (χ3n) is 6.53. The zero-order chi connectivity index (χ0) is 28.6. The Hall–Kier alpha value is -4.39. The Balaban J connectivity index is 1.40. The molecule has 10 nitrogen and oxygen atoms in total. The summed E-state index contributed by atoms with van der Waals surface area (Å²) in [5.74, 6) is -2.65. The number of pyridine rings is 1. The number of anilines is 1. The fourth-order valence-electron chi connectivity index (χ4n) is 4.19. The maximum Gasteiger partial charge on any atom is 0.412 e. The molecule has 4 amide bonds. The van der Waals surface area contributed by atoms with Crippen LogP contribution in [0.2, 0.25) is 0 Å². The minimum Gasteiger partial charge on any atom is -0.447 e. The summed E-state index contributed by atoms with van der Waals surface area (Å²) in [5, 5.41) is 9.31. The third-order valence-corrected chi connectivity index (χ3v) is 6.53. The second-order valence-corrected chi connectivity index (χ2v) is 9.26. The van der Waals surface area contributed by atoms with Crippen molar-refractivity contribution in [1.29, 1.82) is 0 Å². The zero-order valence-corrected chi connectivity index (χ0v) is 21.8. The molecule has 13 heteroatoms. The minimum atomic E-state index is -1.07. The van der Waals surface area contributed by atoms with E-state index in [1.165, 1.54) is 48.5 Å². The first kappa shape index (κ1) is 28.6. The lowest BCUT2D eigenvalue weighted by molar-refractivity contribution is -0.133. The quantitative estimate of drug-likeness (QED) is 0.391. The Morgan fingerprint density at radius 3 is 2.65 bits per heavy atom. The topological polar surface area (TPSA) is 116 Å². The molecule has 2 heterocycles. The van der Waals surface area contributed by atoms with Gasteiger partial charge in [0.1, 0.15) is 18.2 Å². The van der Waals surface area contributed by atoms with Crippen molar-refractivity contribution in [2.75, 3.05) is 45.2 Å². The van der Waals surface area contributed by atoms with Crippen molar-refractivity contribution in [2.45, 2.75) is 19.0 Å². The first-order valence-electron chi connectivity index (χ1n) is 12.6. The molecule has 4 rings (SSSR count). The van der Waals surface area contributed by atoms with E-state index < -0.39 is 35.6 Å². The highest BCUT2D eigenvalue weighted by atomic mass is 19.2. The smallest absolute Gasteiger partial charge is 0.412 e. The molecule has 3 N–H and O–H groups in total. The summed E-state index contributed by atoms with van der Waals surface area (Å²) in [7, 11) is 1.41. The maximum atomic E-state index is 14.0. The highest BCUT2D eigenvalue weighted by molar-refractivity contribution is 5.89. The number of fused-ring (bicyclic) bond motifs is 1. The Kier molecular flexibility index (Phi) is 9.38. The van der Waals surface area contributed by atoms with Crippen LogP contribution in [0.15, 0.2) is 48.7 Å². The molecule has 1 unspecified atom stereocenters. The van der Waals surface area contributed by atoms with Gasteiger partial charge in [0.2, 0.25) is 5.91 Å². The Morgan fingerprint density at radius 1 is 1.10 bits per heavy atom. The number of piperazine rings is 1. The summed E-state index contributed by atoms with van der Waals surface area (Å²) in [6.07, 6.45) is 0.441. The summed E-state index contributed by atoms with van der Waals surface area (Å²) < 4.78 is 46.4. The normalized spacial score (nSPS) is 13.9. The van der Waals surface area contributed by atoms with Gasteiger partial charge in [-0.05, 0) is 35.7 Å². The number of amides is 4. The van der Waals surface area contributed by atoms with Gasteiger partial charge in [-0.25, -0.2) is 27.7 Å². The van der Waals surface area contributed by atoms with Crippen molar-refractivity contribution in [3.05, 3.63) is 71.7 Å². The number of nitrogens with zero attached hydrogens (tertiary/aromatic N) is 3. The lowest BCUT2D eigenvalue weighted by atomic mass is 10.1. The molecule has 0 aliphatic carbocycles. The summed E-state index contributed by atoms with van der Waals surface area (Å²) in [5.41, 5.74) is -0.0476. The van der Waals surface area contributed by atoms with E-state index in [2.05, 4.69) is 20.9 Å². The van der Waals surface area contributed by atoms with Crippen LogP contribution in [-0.2, 0) is 16.1 Å². The van der Waals surface area contributed by atoms with E-state index in [4.69, 9.17) is 4.74 Å². The molecule has 0 bridgehead atoms. The zero-order valence-electron chi connectivity index (χ0n) is 21.8. The van der Waals surface area contributed by atoms with E-state index in [0.29, 0.717) is 37.0 Å². The van der Waals surface area contributed by atoms with Gasteiger partial charge in [-0.2, -0.15) is 0 Å². The average Bonchev–Trinajstić information content (AvgIpc) is 2.95. The molecular formula is C27H29F3N6O4. The fraction of sp³-hybridized carbons (Fsp3) is 0.333. The molecule has 1 saturated heterocycles. The van der Waals surface area contributed by atoms with E-state index in [1.807, 2.05) is 0 Å². The number of carbonyl (C=O) groups is 3. The van der Waals surface area contributed by atoms with Crippen molar-refractivity contribution in [3.63, 3.8) is 0 Å². The molecule has 212 valence electrons. The van der Waals surface area contributed by atoms with Gasteiger partial charge >= 0.3 is 12.1 Å². The number of hydrogen-bond acceptors (Lipinski definition) is 6. The number of halogens is 3. The number of aromatic nitrogens is 1. The molecule has 0 spiro atoms. The number of urea groups is 1. The standard InChI is InChI=1S/C27H29F3N6O4/c1-35(26(38)33-15-18-3-2-4-22(29)25(18)30)21(13-24(37)36-9-7-31-8-10-36)16-40-27(39)34-23-12-19-11-20(28)6-5-17(19)14-32-23/h2-6,11-12,14,21,31H,7-10,13,15-16H2,1H3,(H,33,38)(H,32,34,39). The van der Waals surface area contributed by atoms with Gasteiger partial charge in [-0.1, -0.05) is 12.1 Å². The second kappa shape index (κ2) is 13.1. The second-order valence-electron chi connectivity index (χ2n) is 9.26. The van der Waals surface area contributed by atoms with E-state index in [0.717, 1.165) is 6.07 Å². The van der Waals surface area contributed by atoms with Crippen LogP contribution in [0, 0.1) is 17.5 Å². The van der Waals surface area contributed by atoms with Gasteiger partial charge in [-0.3, -0.25) is 10.1 Å². The van der Waals surface area contributed by atoms with Crippen molar-refractivity contribution in [2.24, 2.45) is 0 Å². The SMILES string of the molecule is CN(C(=O)NCc1cccc(F)c1F)C(COC(=O)Nc1cc2cc(F)ccc2cn1)CC(=O)N1CCNCC1. The number of ether oxygens (including phenoxy) is 1. The summed E-state index contributed by atoms with van der Waals surface area (Å²) in [6, 6.07) is 7.73. The van der Waals surface area contributed by atoms with Crippen molar-refractivity contribution in [3.8, 4) is 0 Å². The number of carbonyl (C=O) groups excluding carboxylic acids is 3. The first-order valence-corrected chi connectivity index (χ1v) is 12.6. The fourth-order valence-corrected chi connectivity index (χ4v) is 4.19. The van der Waals surface area contributed by atoms with Gasteiger partial charge in [-0.15, -0.1) is 0 Å². The lowest BCUT2D eigenvalue weighted by Crippen LogP contribution is -2.51. The van der Waals surface area contributed by atoms with Crippen LogP contribution in [0.1, 0.15) is 12.0 Å². The van der Waals surface area contributed by atoms with Crippen molar-refractivity contribution in [1.82, 2.24) is 25.4 Å². The lowest BCUT2D eigenvalue weighted by Gasteiger charge is -2.32. The van der Waals surface area contributed by atoms with E-state index in [1.54, 1.807) is 11.0 Å². The summed E-state index contributed by atoms with van der Waals surface area (Å²) >= 11 is 0. The van der Waals surface area contributed by atoms with Crippen LogP contribution in [-0.4, -0.2) is 78.7 Å². The van der Waals surface area contributed by atoms with Crippen molar-refractivity contribution >= 4 is 34.6 Å². The van der Waals surface area contributed by atoms with E-state index in [-0.39, 0.29) is 36.9 Å². The van der Waals surface area contributed by atoms with E-state index in [9.17, 15) is 27.6 Å². The van der Waals surface area contributed by atoms with Crippen LogP contribution < -0.4 is 16.0 Å². The van der Waals surface area contributed by atoms with Crippen LogP contribution in [0.25, 0.3) is 10.8 Å². The number of rotatable bonds is 8. The van der Waals surface area contributed by atoms with Gasteiger partial charge in [0, 0.05) is 56.9 Å². The molecule has 1 atom stereocenters. The molecule has 1 fully saturated rings. The number of likely N-dealkylation sites (N-methyl/N-ethyl adjacent to an activating group) is 1. The Morgan fingerprint density at radius 2 is 1.88 bits per heavy atom. The summed E-state index contributed by atoms with van der Waals surface area (Å²) in [6.45, 7) is 1.62. The molecular weight excluding hydrogens is 529 g/mol. The van der Waals surface area contributed by atoms with Crippen molar-refractivity contribution < 1.29 is 32.3 Å². The van der Waals surface area contributed by atoms with Crippen LogP contribution in [0.3, 0.4) is 0 Å². The number of hydrogen-bond donors (Lipinski definition) is 3. The van der Waals surface area contributed by atoms with Gasteiger partial charge in [0.15, 0.2) is 11.6 Å². The van der Waals surface area contributed by atoms with Gasteiger partial charge in [0.25, 0.3) is 0 Å². The molecule has 2 aromatic carbocycles. The molecule has 0 saturated carbocycles. The average molecular weight is 559 g/mol. The minimum absolute atomic E-state index is 0.0476.